The monoisotopic (exact) mass is 611 g/mol. The molecule has 45 heavy (non-hydrogen) atoms. The molecule has 8 nitrogen and oxygen atoms in total. The van der Waals surface area contributed by atoms with E-state index in [0.717, 1.165) is 71.1 Å². The van der Waals surface area contributed by atoms with Crippen molar-refractivity contribution in [3.63, 3.8) is 0 Å². The Morgan fingerprint density at radius 2 is 1.40 bits per heavy atom. The second kappa shape index (κ2) is 14.5. The maximum absolute atomic E-state index is 14.4. The van der Waals surface area contributed by atoms with Crippen LogP contribution in [0.2, 0.25) is 0 Å². The lowest BCUT2D eigenvalue weighted by atomic mass is 9.99. The summed E-state index contributed by atoms with van der Waals surface area (Å²) in [6.45, 7) is 11.5. The number of pyridine rings is 1. The highest BCUT2D eigenvalue weighted by molar-refractivity contribution is 6.08. The lowest BCUT2D eigenvalue weighted by molar-refractivity contribution is 0.0296. The Morgan fingerprint density at radius 3 is 2.07 bits per heavy atom. The molecule has 4 aromatic rings. The number of benzene rings is 3. The number of ether oxygens (including phenoxy) is 1. The number of nitrogens with one attached hydrogen (secondary N) is 1. The van der Waals surface area contributed by atoms with Gasteiger partial charge in [0.25, 0.3) is 11.5 Å². The molecular weight excluding hydrogens is 569 g/mol. The van der Waals surface area contributed by atoms with Gasteiger partial charge in [-0.05, 0) is 42.3 Å². The fourth-order valence-electron chi connectivity index (χ4n) is 6.49. The van der Waals surface area contributed by atoms with Gasteiger partial charge in [-0.3, -0.25) is 28.9 Å². The number of amides is 1. The highest BCUT2D eigenvalue weighted by Crippen LogP contribution is 2.26. The third kappa shape index (κ3) is 7.17. The largest absolute Gasteiger partial charge is 0.379 e. The standard InChI is InChI=1S/C36H42FN5O3/c1-2-32(27-8-4-3-5-9-27)38-35(43)34-30-10-6-7-11-31(30)36(44)42(29-14-12-28(37)13-15-29)33(34)26-41-20-18-39(19-21-41)16-17-40-22-24-45-25-23-40/h3-15,32H,2,16-26H2,1H3,(H,38,43)/t32-/m0/s1. The van der Waals surface area contributed by atoms with Crippen molar-refractivity contribution in [3.05, 3.63) is 112 Å². The average Bonchev–Trinajstić information content (AvgIpc) is 3.08. The summed E-state index contributed by atoms with van der Waals surface area (Å²) < 4.78 is 21.1. The molecule has 0 unspecified atom stereocenters. The Hall–Kier alpha value is -3.89. The zero-order chi connectivity index (χ0) is 31.2. The smallest absolute Gasteiger partial charge is 0.263 e. The SMILES string of the molecule is CC[C@H](NC(=O)c1c(CN2CCN(CCN3CCOCC3)CC2)n(-c2ccc(F)cc2)c(=O)c2ccccc12)c1ccccc1. The van der Waals surface area contributed by atoms with Crippen LogP contribution in [0.25, 0.3) is 16.5 Å². The Balaban J connectivity index is 1.34. The van der Waals surface area contributed by atoms with Gasteiger partial charge in [0, 0.05) is 75.4 Å². The van der Waals surface area contributed by atoms with E-state index in [1.165, 1.54) is 12.1 Å². The van der Waals surface area contributed by atoms with Crippen LogP contribution >= 0.6 is 0 Å². The van der Waals surface area contributed by atoms with Gasteiger partial charge in [0.1, 0.15) is 5.82 Å². The predicted molar refractivity (Wildman–Crippen MR) is 175 cm³/mol. The highest BCUT2D eigenvalue weighted by atomic mass is 19.1. The van der Waals surface area contributed by atoms with E-state index in [4.69, 9.17) is 4.74 Å². The van der Waals surface area contributed by atoms with E-state index in [9.17, 15) is 14.0 Å². The zero-order valence-corrected chi connectivity index (χ0v) is 26.0. The first-order valence-corrected chi connectivity index (χ1v) is 16.0. The molecule has 0 radical (unpaired) electrons. The van der Waals surface area contributed by atoms with Gasteiger partial charge in [0.15, 0.2) is 0 Å². The molecular formula is C36H42FN5O3. The number of carbonyl (C=O) groups is 1. The van der Waals surface area contributed by atoms with E-state index in [-0.39, 0.29) is 23.3 Å². The molecule has 9 heteroatoms. The molecule has 2 saturated heterocycles. The van der Waals surface area contributed by atoms with Gasteiger partial charge in [-0.2, -0.15) is 0 Å². The number of hydrogen-bond donors (Lipinski definition) is 1. The van der Waals surface area contributed by atoms with Crippen LogP contribution in [0, 0.1) is 5.82 Å². The van der Waals surface area contributed by atoms with Crippen molar-refractivity contribution < 1.29 is 13.9 Å². The van der Waals surface area contributed by atoms with E-state index in [2.05, 4.69) is 26.9 Å². The number of carbonyl (C=O) groups excluding carboxylic acids is 1. The first kappa shape index (κ1) is 31.1. The van der Waals surface area contributed by atoms with Crippen molar-refractivity contribution in [3.8, 4) is 5.69 Å². The molecule has 0 spiro atoms. The molecule has 1 atom stereocenters. The number of rotatable bonds is 10. The van der Waals surface area contributed by atoms with Gasteiger partial charge >= 0.3 is 0 Å². The number of fused-ring (bicyclic) bond motifs is 1. The molecule has 3 aromatic carbocycles. The van der Waals surface area contributed by atoms with Crippen molar-refractivity contribution in [1.82, 2.24) is 24.6 Å². The number of aromatic nitrogens is 1. The molecule has 2 fully saturated rings. The molecule has 0 aliphatic carbocycles. The molecule has 2 aliphatic rings. The Kier molecular flexibility index (Phi) is 10.0. The third-order valence-electron chi connectivity index (χ3n) is 9.09. The molecule has 6 rings (SSSR count). The Bertz CT molecular complexity index is 1650. The van der Waals surface area contributed by atoms with Crippen molar-refractivity contribution in [2.45, 2.75) is 25.9 Å². The summed E-state index contributed by atoms with van der Waals surface area (Å²) in [6, 6.07) is 23.0. The number of hydrogen-bond acceptors (Lipinski definition) is 6. The van der Waals surface area contributed by atoms with Crippen LogP contribution in [0.4, 0.5) is 4.39 Å². The topological polar surface area (TPSA) is 70.1 Å². The number of halogens is 1. The Morgan fingerprint density at radius 1 is 0.800 bits per heavy atom. The average molecular weight is 612 g/mol. The summed E-state index contributed by atoms with van der Waals surface area (Å²) >= 11 is 0. The summed E-state index contributed by atoms with van der Waals surface area (Å²) in [5.74, 6) is -0.606. The van der Waals surface area contributed by atoms with Gasteiger partial charge in [-0.1, -0.05) is 55.5 Å². The predicted octanol–water partition coefficient (Wildman–Crippen LogP) is 4.46. The lowest BCUT2D eigenvalue weighted by Gasteiger charge is -2.37. The van der Waals surface area contributed by atoms with Gasteiger partial charge in [0.05, 0.1) is 30.5 Å². The molecule has 3 heterocycles. The molecule has 0 bridgehead atoms. The van der Waals surface area contributed by atoms with Crippen LogP contribution in [-0.2, 0) is 11.3 Å². The lowest BCUT2D eigenvalue weighted by Crippen LogP contribution is -2.49. The summed E-state index contributed by atoms with van der Waals surface area (Å²) in [6.07, 6.45) is 0.715. The summed E-state index contributed by atoms with van der Waals surface area (Å²) in [5.41, 5.74) is 2.45. The molecule has 0 saturated carbocycles. The second-order valence-electron chi connectivity index (χ2n) is 11.9. The number of nitrogens with zero attached hydrogens (tertiary/aromatic N) is 4. The number of piperazine rings is 1. The highest BCUT2D eigenvalue weighted by Gasteiger charge is 2.27. The van der Waals surface area contributed by atoms with Gasteiger partial charge in [0.2, 0.25) is 0 Å². The van der Waals surface area contributed by atoms with Gasteiger partial charge in [-0.15, -0.1) is 0 Å². The molecule has 1 N–H and O–H groups in total. The zero-order valence-electron chi connectivity index (χ0n) is 26.0. The fraction of sp³-hybridized carbons (Fsp3) is 0.389. The second-order valence-corrected chi connectivity index (χ2v) is 11.9. The Labute approximate surface area is 264 Å². The van der Waals surface area contributed by atoms with E-state index >= 15 is 0 Å². The minimum absolute atomic E-state index is 0.188. The van der Waals surface area contributed by atoms with E-state index in [1.807, 2.05) is 48.5 Å². The first-order chi connectivity index (χ1) is 22.0. The minimum atomic E-state index is -0.381. The third-order valence-corrected chi connectivity index (χ3v) is 9.09. The fourth-order valence-corrected chi connectivity index (χ4v) is 6.49. The summed E-state index contributed by atoms with van der Waals surface area (Å²) in [5, 5.41) is 4.36. The van der Waals surface area contributed by atoms with Crippen molar-refractivity contribution in [1.29, 1.82) is 0 Å². The summed E-state index contributed by atoms with van der Waals surface area (Å²) in [7, 11) is 0. The van der Waals surface area contributed by atoms with Gasteiger partial charge in [-0.25, -0.2) is 4.39 Å². The molecule has 1 amide bonds. The van der Waals surface area contributed by atoms with Crippen LogP contribution in [0.3, 0.4) is 0 Å². The van der Waals surface area contributed by atoms with Crippen LogP contribution in [-0.4, -0.2) is 90.7 Å². The van der Waals surface area contributed by atoms with E-state index in [1.54, 1.807) is 22.8 Å². The quantitative estimate of drug-likeness (QED) is 0.286. The van der Waals surface area contributed by atoms with E-state index < -0.39 is 0 Å². The summed E-state index contributed by atoms with van der Waals surface area (Å²) in [4.78, 5) is 35.8. The van der Waals surface area contributed by atoms with Crippen LogP contribution in [0.5, 0.6) is 0 Å². The van der Waals surface area contributed by atoms with Crippen molar-refractivity contribution in [2.75, 3.05) is 65.6 Å². The normalized spacial score (nSPS) is 17.4. The minimum Gasteiger partial charge on any atom is -0.379 e. The molecule has 236 valence electrons. The van der Waals surface area contributed by atoms with Crippen LogP contribution in [0.15, 0.2) is 83.7 Å². The number of morpholine rings is 1. The first-order valence-electron chi connectivity index (χ1n) is 16.0. The van der Waals surface area contributed by atoms with Crippen LogP contribution in [0.1, 0.15) is 41.0 Å². The van der Waals surface area contributed by atoms with Crippen LogP contribution < -0.4 is 10.9 Å². The maximum atomic E-state index is 14.4. The molecule has 2 aliphatic heterocycles. The van der Waals surface area contributed by atoms with Crippen molar-refractivity contribution >= 4 is 16.7 Å². The van der Waals surface area contributed by atoms with Gasteiger partial charge < -0.3 is 10.1 Å². The van der Waals surface area contributed by atoms with E-state index in [0.29, 0.717) is 40.7 Å². The molecule has 1 aromatic heterocycles. The maximum Gasteiger partial charge on any atom is 0.263 e. The van der Waals surface area contributed by atoms with Crippen molar-refractivity contribution in [2.24, 2.45) is 0 Å².